The molecule has 1 aromatic carbocycles. The molecule has 0 amide bonds. The predicted octanol–water partition coefficient (Wildman–Crippen LogP) is 4.07. The van der Waals surface area contributed by atoms with Crippen LogP contribution in [0.2, 0.25) is 10.0 Å². The van der Waals surface area contributed by atoms with E-state index in [0.29, 0.717) is 10.7 Å². The third-order valence-corrected chi connectivity index (χ3v) is 4.00. The van der Waals surface area contributed by atoms with Crippen molar-refractivity contribution in [3.8, 4) is 12.1 Å². The van der Waals surface area contributed by atoms with Crippen LogP contribution < -0.4 is 10.2 Å². The van der Waals surface area contributed by atoms with Crippen molar-refractivity contribution in [1.82, 2.24) is 9.97 Å². The number of hydrogen-bond acceptors (Lipinski definition) is 8. The minimum atomic E-state index is -0.618. The van der Waals surface area contributed by atoms with E-state index in [9.17, 15) is 10.1 Å². The number of anilines is 3. The van der Waals surface area contributed by atoms with E-state index in [1.807, 2.05) is 12.1 Å². The second-order valence-corrected chi connectivity index (χ2v) is 6.05. The number of nitrogens with zero attached hydrogens (tertiary/aromatic N) is 6. The summed E-state index contributed by atoms with van der Waals surface area (Å²) in [5.41, 5.74) is 0.00816. The van der Waals surface area contributed by atoms with Crippen molar-refractivity contribution in [2.24, 2.45) is 0 Å². The summed E-state index contributed by atoms with van der Waals surface area (Å²) in [6.07, 6.45) is 1.41. The fraction of sp³-hybridized carbons (Fsp3) is 0.250. The zero-order valence-corrected chi connectivity index (χ0v) is 15.4. The number of nitrogens with one attached hydrogen (secondary N) is 1. The van der Waals surface area contributed by atoms with Crippen LogP contribution in [0.1, 0.15) is 12.8 Å². The third-order valence-electron chi connectivity index (χ3n) is 3.46. The molecule has 0 spiro atoms. The molecule has 1 N–H and O–H groups in total. The van der Waals surface area contributed by atoms with E-state index in [-0.39, 0.29) is 48.3 Å². The van der Waals surface area contributed by atoms with Crippen molar-refractivity contribution >= 4 is 46.2 Å². The Bertz CT molecular complexity index is 906. The second kappa shape index (κ2) is 9.53. The number of nitro groups is 1. The molecule has 0 aliphatic carbocycles. The van der Waals surface area contributed by atoms with Crippen molar-refractivity contribution in [3.63, 3.8) is 0 Å². The van der Waals surface area contributed by atoms with Crippen LogP contribution >= 0.6 is 23.2 Å². The smallest absolute Gasteiger partial charge is 0.349 e. The Balaban J connectivity index is 2.47. The topological polar surface area (TPSA) is 132 Å². The molecule has 0 unspecified atom stereocenters. The predicted molar refractivity (Wildman–Crippen MR) is 101 cm³/mol. The number of aromatic nitrogens is 2. The average molecular weight is 406 g/mol. The molecular formula is C16H13Cl2N7O2. The van der Waals surface area contributed by atoms with Gasteiger partial charge >= 0.3 is 5.69 Å². The van der Waals surface area contributed by atoms with E-state index in [1.165, 1.54) is 17.3 Å². The first kappa shape index (κ1) is 20.2. The third kappa shape index (κ3) is 5.17. The first-order valence-corrected chi connectivity index (χ1v) is 8.43. The van der Waals surface area contributed by atoms with Crippen LogP contribution in [-0.4, -0.2) is 28.0 Å². The number of benzene rings is 1. The summed E-state index contributed by atoms with van der Waals surface area (Å²) in [6.45, 7) is 0.383. The molecule has 0 atom stereocenters. The lowest BCUT2D eigenvalue weighted by Crippen LogP contribution is -2.27. The second-order valence-electron chi connectivity index (χ2n) is 5.20. The highest BCUT2D eigenvalue weighted by atomic mass is 35.5. The SMILES string of the molecule is N#CCCN(CCC#N)c1ncnc(Nc2ccc(Cl)cc2Cl)c1[N+](=O)[O-]. The first-order valence-electron chi connectivity index (χ1n) is 7.68. The normalized spacial score (nSPS) is 9.93. The molecule has 0 aliphatic rings. The number of halogens is 2. The summed E-state index contributed by atoms with van der Waals surface area (Å²) in [7, 11) is 0. The molecule has 0 fully saturated rings. The molecule has 2 rings (SSSR count). The van der Waals surface area contributed by atoms with Gasteiger partial charge in [0.05, 0.1) is 40.6 Å². The average Bonchev–Trinajstić information content (AvgIpc) is 2.64. The van der Waals surface area contributed by atoms with Crippen molar-refractivity contribution < 1.29 is 4.92 Å². The van der Waals surface area contributed by atoms with Crippen LogP contribution in [0.15, 0.2) is 24.5 Å². The van der Waals surface area contributed by atoms with Crippen LogP contribution in [0, 0.1) is 32.8 Å². The summed E-state index contributed by atoms with van der Waals surface area (Å²) >= 11 is 12.0. The van der Waals surface area contributed by atoms with Crippen LogP contribution in [0.5, 0.6) is 0 Å². The van der Waals surface area contributed by atoms with Gasteiger partial charge in [-0.1, -0.05) is 23.2 Å². The van der Waals surface area contributed by atoms with E-state index in [2.05, 4.69) is 15.3 Å². The Labute approximate surface area is 164 Å². The van der Waals surface area contributed by atoms with Gasteiger partial charge in [-0.2, -0.15) is 10.5 Å². The van der Waals surface area contributed by atoms with E-state index >= 15 is 0 Å². The highest BCUT2D eigenvalue weighted by molar-refractivity contribution is 6.36. The Morgan fingerprint density at radius 3 is 2.41 bits per heavy atom. The Morgan fingerprint density at radius 2 is 1.85 bits per heavy atom. The minimum absolute atomic E-state index is 0.0214. The van der Waals surface area contributed by atoms with Crippen LogP contribution in [0.3, 0.4) is 0 Å². The highest BCUT2D eigenvalue weighted by Crippen LogP contribution is 2.36. The quantitative estimate of drug-likeness (QED) is 0.513. The first-order chi connectivity index (χ1) is 13.0. The molecule has 2 aromatic rings. The maximum atomic E-state index is 11.7. The summed E-state index contributed by atoms with van der Waals surface area (Å²) in [6, 6.07) is 8.59. The zero-order chi connectivity index (χ0) is 19.8. The van der Waals surface area contributed by atoms with Crippen molar-refractivity contribution in [1.29, 1.82) is 10.5 Å². The summed E-state index contributed by atoms with van der Waals surface area (Å²) in [5, 5.41) is 32.8. The van der Waals surface area contributed by atoms with Gasteiger partial charge in [-0.05, 0) is 18.2 Å². The molecule has 27 heavy (non-hydrogen) atoms. The van der Waals surface area contributed by atoms with Gasteiger partial charge in [0, 0.05) is 18.1 Å². The lowest BCUT2D eigenvalue weighted by molar-refractivity contribution is -0.383. The number of rotatable bonds is 8. The van der Waals surface area contributed by atoms with Gasteiger partial charge in [0.25, 0.3) is 0 Å². The van der Waals surface area contributed by atoms with Crippen LogP contribution in [0.4, 0.5) is 23.0 Å². The molecule has 9 nitrogen and oxygen atoms in total. The fourth-order valence-electron chi connectivity index (χ4n) is 2.27. The highest BCUT2D eigenvalue weighted by Gasteiger charge is 2.27. The van der Waals surface area contributed by atoms with Gasteiger partial charge in [0.2, 0.25) is 11.6 Å². The van der Waals surface area contributed by atoms with E-state index in [4.69, 9.17) is 33.7 Å². The van der Waals surface area contributed by atoms with Gasteiger partial charge < -0.3 is 10.2 Å². The van der Waals surface area contributed by atoms with Crippen molar-refractivity contribution in [2.45, 2.75) is 12.8 Å². The molecule has 11 heteroatoms. The summed E-state index contributed by atoms with van der Waals surface area (Å²) in [5.74, 6) is -0.0405. The molecule has 1 heterocycles. The number of nitriles is 2. The monoisotopic (exact) mass is 405 g/mol. The molecule has 1 aromatic heterocycles. The van der Waals surface area contributed by atoms with E-state index in [1.54, 1.807) is 12.1 Å². The van der Waals surface area contributed by atoms with E-state index in [0.717, 1.165) is 0 Å². The molecule has 0 aliphatic heterocycles. The molecular weight excluding hydrogens is 393 g/mol. The lowest BCUT2D eigenvalue weighted by Gasteiger charge is -2.21. The Morgan fingerprint density at radius 1 is 1.19 bits per heavy atom. The minimum Gasteiger partial charge on any atom is -0.349 e. The van der Waals surface area contributed by atoms with Crippen molar-refractivity contribution in [2.75, 3.05) is 23.3 Å². The molecule has 0 bridgehead atoms. The number of hydrogen-bond donors (Lipinski definition) is 1. The van der Waals surface area contributed by atoms with E-state index < -0.39 is 4.92 Å². The molecule has 138 valence electrons. The van der Waals surface area contributed by atoms with Crippen LogP contribution in [0.25, 0.3) is 0 Å². The fourth-order valence-corrected chi connectivity index (χ4v) is 2.73. The maximum absolute atomic E-state index is 11.7. The summed E-state index contributed by atoms with van der Waals surface area (Å²) in [4.78, 5) is 20.6. The molecule has 0 radical (unpaired) electrons. The lowest BCUT2D eigenvalue weighted by atomic mass is 10.3. The standard InChI is InChI=1S/C16H13Cl2N7O2/c17-11-3-4-13(12(18)9-11)23-15-14(25(26)27)16(22-10-21-15)24(7-1-5-19)8-2-6-20/h3-4,9-10H,1-2,7-8H2,(H,21,22,23). The van der Waals surface area contributed by atoms with Crippen molar-refractivity contribution in [3.05, 3.63) is 44.7 Å². The Kier molecular flexibility index (Phi) is 7.12. The molecule has 0 saturated carbocycles. The van der Waals surface area contributed by atoms with Gasteiger partial charge in [-0.25, -0.2) is 9.97 Å². The van der Waals surface area contributed by atoms with Gasteiger partial charge in [0.15, 0.2) is 0 Å². The maximum Gasteiger partial charge on any atom is 0.353 e. The largest absolute Gasteiger partial charge is 0.353 e. The van der Waals surface area contributed by atoms with Crippen LogP contribution in [-0.2, 0) is 0 Å². The molecule has 0 saturated heterocycles. The van der Waals surface area contributed by atoms with Gasteiger partial charge in [-0.15, -0.1) is 0 Å². The Hall–Kier alpha value is -3.14. The van der Waals surface area contributed by atoms with Gasteiger partial charge in [-0.3, -0.25) is 10.1 Å². The zero-order valence-electron chi connectivity index (χ0n) is 13.9. The summed E-state index contributed by atoms with van der Waals surface area (Å²) < 4.78 is 0. The van der Waals surface area contributed by atoms with Gasteiger partial charge in [0.1, 0.15) is 6.33 Å².